The summed E-state index contributed by atoms with van der Waals surface area (Å²) in [6.07, 6.45) is 6.28. The van der Waals surface area contributed by atoms with Gasteiger partial charge in [0.1, 0.15) is 5.75 Å². The van der Waals surface area contributed by atoms with Gasteiger partial charge in [0, 0.05) is 5.46 Å². The molecule has 1 aliphatic rings. The Labute approximate surface area is 115 Å². The van der Waals surface area contributed by atoms with Gasteiger partial charge in [0.2, 0.25) is 0 Å². The van der Waals surface area contributed by atoms with Crippen molar-refractivity contribution in [1.29, 1.82) is 0 Å². The third-order valence-corrected chi connectivity index (χ3v) is 3.75. The molecule has 19 heavy (non-hydrogen) atoms. The Kier molecular flexibility index (Phi) is 4.89. The fourth-order valence-corrected chi connectivity index (χ4v) is 2.82. The number of hydrogen-bond acceptors (Lipinski definition) is 3. The molecular weight excluding hydrogens is 239 g/mol. The second-order valence-electron chi connectivity index (χ2n) is 5.67. The van der Waals surface area contributed by atoms with E-state index in [0.29, 0.717) is 17.1 Å². The first-order chi connectivity index (χ1) is 9.08. The number of ether oxygens (including phenoxy) is 1. The van der Waals surface area contributed by atoms with E-state index in [2.05, 4.69) is 6.07 Å². The van der Waals surface area contributed by atoms with Gasteiger partial charge < -0.3 is 14.8 Å². The molecule has 1 fully saturated rings. The predicted molar refractivity (Wildman–Crippen MR) is 77.9 cm³/mol. The Morgan fingerprint density at radius 1 is 1.16 bits per heavy atom. The highest BCUT2D eigenvalue weighted by Gasteiger charge is 2.22. The Morgan fingerprint density at radius 2 is 1.84 bits per heavy atom. The van der Waals surface area contributed by atoms with Gasteiger partial charge in [-0.05, 0) is 44.2 Å². The van der Waals surface area contributed by atoms with Crippen LogP contribution in [0.1, 0.15) is 57.4 Å². The number of benzene rings is 1. The molecule has 1 aliphatic carbocycles. The molecule has 0 saturated heterocycles. The summed E-state index contributed by atoms with van der Waals surface area (Å²) in [7, 11) is -1.47. The van der Waals surface area contributed by atoms with Crippen LogP contribution in [-0.4, -0.2) is 23.3 Å². The first-order valence-electron chi connectivity index (χ1n) is 7.24. The van der Waals surface area contributed by atoms with Gasteiger partial charge in [0.15, 0.2) is 0 Å². The van der Waals surface area contributed by atoms with Crippen LogP contribution in [0, 0.1) is 0 Å². The molecule has 0 bridgehead atoms. The van der Waals surface area contributed by atoms with Crippen molar-refractivity contribution < 1.29 is 14.8 Å². The zero-order valence-electron chi connectivity index (χ0n) is 11.8. The fraction of sp³-hybridized carbons (Fsp3) is 0.600. The van der Waals surface area contributed by atoms with Crippen LogP contribution >= 0.6 is 0 Å². The zero-order chi connectivity index (χ0) is 13.8. The topological polar surface area (TPSA) is 49.7 Å². The average molecular weight is 262 g/mol. The summed E-state index contributed by atoms with van der Waals surface area (Å²) in [5, 5.41) is 19.0. The fourth-order valence-electron chi connectivity index (χ4n) is 2.82. The monoisotopic (exact) mass is 262 g/mol. The molecule has 0 heterocycles. The lowest BCUT2D eigenvalue weighted by Crippen LogP contribution is -2.33. The summed E-state index contributed by atoms with van der Waals surface area (Å²) in [6, 6.07) is 5.84. The highest BCUT2D eigenvalue weighted by atomic mass is 16.5. The van der Waals surface area contributed by atoms with E-state index in [4.69, 9.17) is 4.74 Å². The lowest BCUT2D eigenvalue weighted by Gasteiger charge is -2.23. The van der Waals surface area contributed by atoms with Gasteiger partial charge in [0.25, 0.3) is 0 Å². The molecule has 0 amide bonds. The molecule has 0 spiro atoms. The Morgan fingerprint density at radius 3 is 2.42 bits per heavy atom. The molecule has 0 atom stereocenters. The molecule has 1 aromatic rings. The van der Waals surface area contributed by atoms with Gasteiger partial charge >= 0.3 is 7.12 Å². The van der Waals surface area contributed by atoms with Gasteiger partial charge in [-0.1, -0.05) is 31.4 Å². The van der Waals surface area contributed by atoms with Gasteiger partial charge in [-0.15, -0.1) is 0 Å². The van der Waals surface area contributed by atoms with E-state index in [1.165, 1.54) is 37.7 Å². The molecule has 0 radical (unpaired) electrons. The van der Waals surface area contributed by atoms with Crippen LogP contribution in [0.5, 0.6) is 5.75 Å². The summed E-state index contributed by atoms with van der Waals surface area (Å²) in [5.74, 6) is 1.13. The highest BCUT2D eigenvalue weighted by molar-refractivity contribution is 6.59. The Bertz CT molecular complexity index is 412. The van der Waals surface area contributed by atoms with Crippen molar-refractivity contribution in [3.8, 4) is 5.75 Å². The second-order valence-corrected chi connectivity index (χ2v) is 5.67. The molecular formula is C15H23BO3. The van der Waals surface area contributed by atoms with Crippen molar-refractivity contribution in [2.24, 2.45) is 0 Å². The first kappa shape index (κ1) is 14.4. The van der Waals surface area contributed by atoms with Crippen LogP contribution in [0.2, 0.25) is 0 Å². The second kappa shape index (κ2) is 6.44. The van der Waals surface area contributed by atoms with Crippen molar-refractivity contribution >= 4 is 12.6 Å². The lowest BCUT2D eigenvalue weighted by molar-refractivity contribution is 0.243. The molecule has 0 aromatic heterocycles. The zero-order valence-corrected chi connectivity index (χ0v) is 11.8. The molecule has 2 N–H and O–H groups in total. The van der Waals surface area contributed by atoms with Crippen LogP contribution in [0.3, 0.4) is 0 Å². The summed E-state index contributed by atoms with van der Waals surface area (Å²) in [6.45, 7) is 3.87. The van der Waals surface area contributed by atoms with Crippen molar-refractivity contribution in [1.82, 2.24) is 0 Å². The molecule has 0 aliphatic heterocycles. The van der Waals surface area contributed by atoms with E-state index >= 15 is 0 Å². The van der Waals surface area contributed by atoms with Crippen molar-refractivity contribution in [2.45, 2.75) is 58.0 Å². The Balaban J connectivity index is 2.24. The van der Waals surface area contributed by atoms with Gasteiger partial charge in [-0.3, -0.25) is 0 Å². The molecule has 2 rings (SSSR count). The van der Waals surface area contributed by atoms with Crippen LogP contribution in [0.25, 0.3) is 0 Å². The number of rotatable bonds is 4. The van der Waals surface area contributed by atoms with Gasteiger partial charge in [0.05, 0.1) is 6.10 Å². The highest BCUT2D eigenvalue weighted by Crippen LogP contribution is 2.32. The van der Waals surface area contributed by atoms with Crippen LogP contribution in [-0.2, 0) is 0 Å². The maximum absolute atomic E-state index is 9.52. The summed E-state index contributed by atoms with van der Waals surface area (Å²) >= 11 is 0. The van der Waals surface area contributed by atoms with Gasteiger partial charge in [-0.25, -0.2) is 0 Å². The molecule has 104 valence electrons. The maximum Gasteiger partial charge on any atom is 0.492 e. The largest absolute Gasteiger partial charge is 0.492 e. The van der Waals surface area contributed by atoms with Crippen molar-refractivity contribution in [3.63, 3.8) is 0 Å². The minimum Gasteiger partial charge on any atom is -0.491 e. The smallest absolute Gasteiger partial charge is 0.491 e. The van der Waals surface area contributed by atoms with E-state index in [0.717, 1.165) is 0 Å². The van der Waals surface area contributed by atoms with E-state index in [9.17, 15) is 10.0 Å². The van der Waals surface area contributed by atoms with Crippen molar-refractivity contribution in [2.75, 3.05) is 0 Å². The average Bonchev–Trinajstić information content (AvgIpc) is 2.39. The molecule has 4 heteroatoms. The van der Waals surface area contributed by atoms with Crippen LogP contribution in [0.15, 0.2) is 18.2 Å². The lowest BCUT2D eigenvalue weighted by atomic mass is 9.75. The van der Waals surface area contributed by atoms with E-state index in [1.54, 1.807) is 0 Å². The normalized spacial score (nSPS) is 16.7. The quantitative estimate of drug-likeness (QED) is 0.818. The van der Waals surface area contributed by atoms with Crippen LogP contribution < -0.4 is 10.2 Å². The van der Waals surface area contributed by atoms with E-state index < -0.39 is 7.12 Å². The molecule has 1 aromatic carbocycles. The minimum absolute atomic E-state index is 0.0260. The predicted octanol–water partition coefficient (Wildman–Crippen LogP) is 2.20. The minimum atomic E-state index is -1.47. The van der Waals surface area contributed by atoms with Crippen molar-refractivity contribution in [3.05, 3.63) is 23.8 Å². The number of hydrogen-bond donors (Lipinski definition) is 2. The first-order valence-corrected chi connectivity index (χ1v) is 7.24. The SMILES string of the molecule is CC(C)Oc1ccc(C2CCCCC2)cc1B(O)O. The van der Waals surface area contributed by atoms with E-state index in [-0.39, 0.29) is 6.10 Å². The summed E-state index contributed by atoms with van der Waals surface area (Å²) in [4.78, 5) is 0. The third kappa shape index (κ3) is 3.74. The summed E-state index contributed by atoms with van der Waals surface area (Å²) in [5.41, 5.74) is 1.69. The third-order valence-electron chi connectivity index (χ3n) is 3.75. The Hall–Kier alpha value is -0.995. The van der Waals surface area contributed by atoms with Gasteiger partial charge in [-0.2, -0.15) is 0 Å². The molecule has 3 nitrogen and oxygen atoms in total. The summed E-state index contributed by atoms with van der Waals surface area (Å²) < 4.78 is 5.63. The standard InChI is InChI=1S/C15H23BO3/c1-11(2)19-15-9-8-13(10-14(15)16(17)18)12-6-4-3-5-7-12/h8-12,17-18H,3-7H2,1-2H3. The molecule has 0 unspecified atom stereocenters. The molecule has 1 saturated carbocycles. The van der Waals surface area contributed by atoms with Crippen LogP contribution in [0.4, 0.5) is 0 Å². The maximum atomic E-state index is 9.52. The van der Waals surface area contributed by atoms with E-state index in [1.807, 2.05) is 26.0 Å².